The van der Waals surface area contributed by atoms with Crippen molar-refractivity contribution in [2.24, 2.45) is 5.92 Å². The van der Waals surface area contributed by atoms with E-state index in [9.17, 15) is 9.90 Å². The summed E-state index contributed by atoms with van der Waals surface area (Å²) in [6, 6.07) is 5.63. The van der Waals surface area contributed by atoms with Crippen LogP contribution in [0.4, 0.5) is 5.82 Å². The lowest BCUT2D eigenvalue weighted by molar-refractivity contribution is -0.146. The molecular formula is C21H19N7O3. The van der Waals surface area contributed by atoms with E-state index in [1.807, 2.05) is 18.2 Å². The molecule has 2 aliphatic rings. The van der Waals surface area contributed by atoms with Gasteiger partial charge < -0.3 is 15.4 Å². The van der Waals surface area contributed by atoms with Crippen LogP contribution < -0.4 is 5.73 Å². The van der Waals surface area contributed by atoms with E-state index in [1.165, 1.54) is 6.33 Å². The van der Waals surface area contributed by atoms with Gasteiger partial charge in [0.15, 0.2) is 5.65 Å². The molecule has 6 rings (SSSR count). The highest BCUT2D eigenvalue weighted by Crippen LogP contribution is 2.48. The molecule has 0 bridgehead atoms. The lowest BCUT2D eigenvalue weighted by Gasteiger charge is -2.32. The highest BCUT2D eigenvalue weighted by Gasteiger charge is 2.39. The van der Waals surface area contributed by atoms with Gasteiger partial charge in [-0.3, -0.25) is 9.78 Å². The molecule has 4 heterocycles. The molecule has 0 amide bonds. The van der Waals surface area contributed by atoms with E-state index in [0.717, 1.165) is 29.9 Å². The minimum Gasteiger partial charge on any atom is -0.481 e. The molecule has 0 radical (unpaired) electrons. The van der Waals surface area contributed by atoms with Crippen molar-refractivity contribution in [3.05, 3.63) is 36.5 Å². The van der Waals surface area contributed by atoms with Gasteiger partial charge in [0.2, 0.25) is 0 Å². The molecule has 3 N–H and O–H groups in total. The molecule has 0 unspecified atom stereocenters. The minimum absolute atomic E-state index is 0.0697. The molecule has 2 saturated carbocycles. The molecule has 0 saturated heterocycles. The van der Waals surface area contributed by atoms with E-state index in [1.54, 1.807) is 10.9 Å². The second-order valence-corrected chi connectivity index (χ2v) is 8.17. The number of hydrogen-bond acceptors (Lipinski definition) is 8. The Morgan fingerprint density at radius 3 is 2.71 bits per heavy atom. The Labute approximate surface area is 176 Å². The van der Waals surface area contributed by atoms with Gasteiger partial charge in [0.05, 0.1) is 28.6 Å². The van der Waals surface area contributed by atoms with Crippen LogP contribution in [0, 0.1) is 5.92 Å². The van der Waals surface area contributed by atoms with Crippen LogP contribution in [-0.2, 0) is 4.79 Å². The maximum atomic E-state index is 11.3. The normalized spacial score (nSPS) is 20.6. The lowest BCUT2D eigenvalue weighted by atomic mass is 9.80. The lowest BCUT2D eigenvalue weighted by Crippen LogP contribution is -2.32. The Balaban J connectivity index is 1.54. The predicted octanol–water partition coefficient (Wildman–Crippen LogP) is 3.04. The Kier molecular flexibility index (Phi) is 3.83. The topological polar surface area (TPSA) is 146 Å². The quantitative estimate of drug-likeness (QED) is 0.500. The minimum atomic E-state index is -0.787. The number of carbonyl (C=O) groups is 1. The number of aromatic nitrogens is 6. The summed E-state index contributed by atoms with van der Waals surface area (Å²) < 4.78 is 7.54. The number of pyridine rings is 1. The number of nitrogen functional groups attached to an aromatic ring is 1. The smallest absolute Gasteiger partial charge is 0.306 e. The molecular weight excluding hydrogens is 398 g/mol. The van der Waals surface area contributed by atoms with Crippen LogP contribution in [0.3, 0.4) is 0 Å². The van der Waals surface area contributed by atoms with Crippen LogP contribution in [0.25, 0.3) is 33.7 Å². The predicted molar refractivity (Wildman–Crippen MR) is 110 cm³/mol. The van der Waals surface area contributed by atoms with Gasteiger partial charge in [0.25, 0.3) is 0 Å². The highest BCUT2D eigenvalue weighted by atomic mass is 16.5. The van der Waals surface area contributed by atoms with Gasteiger partial charge in [0, 0.05) is 12.1 Å². The second-order valence-electron chi connectivity index (χ2n) is 8.17. The van der Waals surface area contributed by atoms with Crippen molar-refractivity contribution in [3.8, 4) is 22.6 Å². The largest absolute Gasteiger partial charge is 0.481 e. The molecule has 2 aliphatic carbocycles. The number of nitrogens with zero attached hydrogens (tertiary/aromatic N) is 6. The zero-order valence-corrected chi connectivity index (χ0v) is 16.5. The van der Waals surface area contributed by atoms with Crippen molar-refractivity contribution < 1.29 is 14.4 Å². The molecule has 0 spiro atoms. The van der Waals surface area contributed by atoms with Gasteiger partial charge in [-0.15, -0.1) is 0 Å². The average molecular weight is 417 g/mol. The number of nitrogens with two attached hydrogens (primary N) is 1. The molecule has 10 nitrogen and oxygen atoms in total. The van der Waals surface area contributed by atoms with Gasteiger partial charge in [-0.25, -0.2) is 14.6 Å². The third-order valence-corrected chi connectivity index (χ3v) is 6.14. The van der Waals surface area contributed by atoms with E-state index >= 15 is 0 Å². The summed E-state index contributed by atoms with van der Waals surface area (Å²) in [6.45, 7) is 0. The van der Waals surface area contributed by atoms with Crippen LogP contribution in [-0.4, -0.2) is 41.0 Å². The van der Waals surface area contributed by atoms with E-state index in [-0.39, 0.29) is 12.0 Å². The number of rotatable bonds is 5. The first-order valence-corrected chi connectivity index (χ1v) is 10.2. The number of anilines is 1. The standard InChI is InChI=1S/C21H19N7O3/c22-19-15-16(26-28(20(15)25-9-24-19)12-7-11(8-12)21(29)30)17-14(13-3-1-2-6-23-13)18(31-27-17)10-4-5-10/h1-3,6,9-12H,4-5,7-8H2,(H,29,30)(H2,22,24,25). The Bertz CT molecular complexity index is 1300. The van der Waals surface area contributed by atoms with Crippen LogP contribution in [0.5, 0.6) is 0 Å². The summed E-state index contributed by atoms with van der Waals surface area (Å²) >= 11 is 0. The van der Waals surface area contributed by atoms with Crippen molar-refractivity contribution in [2.75, 3.05) is 5.73 Å². The van der Waals surface area contributed by atoms with E-state index in [2.05, 4.69) is 20.1 Å². The summed E-state index contributed by atoms with van der Waals surface area (Å²) in [7, 11) is 0. The fourth-order valence-electron chi connectivity index (χ4n) is 4.25. The summed E-state index contributed by atoms with van der Waals surface area (Å²) in [4.78, 5) is 24.3. The molecule has 156 valence electrons. The highest BCUT2D eigenvalue weighted by molar-refractivity contribution is 6.00. The fourth-order valence-corrected chi connectivity index (χ4v) is 4.25. The molecule has 0 aliphatic heterocycles. The fraction of sp³-hybridized carbons (Fsp3) is 0.333. The number of carboxylic acids is 1. The SMILES string of the molecule is Nc1ncnc2c1c(-c1noc(C3CC3)c1-c1ccccn1)nn2C1CC(C(=O)O)C1. The zero-order valence-electron chi connectivity index (χ0n) is 16.5. The number of hydrogen-bond donors (Lipinski definition) is 2. The van der Waals surface area contributed by atoms with Crippen molar-refractivity contribution in [1.82, 2.24) is 29.9 Å². The van der Waals surface area contributed by atoms with Crippen LogP contribution in [0.1, 0.15) is 43.4 Å². The number of carboxylic acid groups (broad SMARTS) is 1. The van der Waals surface area contributed by atoms with Crippen molar-refractivity contribution >= 4 is 22.8 Å². The van der Waals surface area contributed by atoms with Gasteiger partial charge in [-0.1, -0.05) is 11.2 Å². The Morgan fingerprint density at radius 1 is 1.16 bits per heavy atom. The van der Waals surface area contributed by atoms with Gasteiger partial charge in [-0.2, -0.15) is 5.10 Å². The number of fused-ring (bicyclic) bond motifs is 1. The summed E-state index contributed by atoms with van der Waals surface area (Å²) in [5.41, 5.74) is 9.47. The van der Waals surface area contributed by atoms with Gasteiger partial charge in [0.1, 0.15) is 29.3 Å². The maximum Gasteiger partial charge on any atom is 0.306 e. The number of aliphatic carboxylic acids is 1. The molecule has 0 aromatic carbocycles. The van der Waals surface area contributed by atoms with Crippen LogP contribution in [0.2, 0.25) is 0 Å². The molecule has 4 aromatic heterocycles. The summed E-state index contributed by atoms with van der Waals surface area (Å²) in [6.07, 6.45) is 6.22. The zero-order chi connectivity index (χ0) is 21.1. The maximum absolute atomic E-state index is 11.3. The first-order valence-electron chi connectivity index (χ1n) is 10.2. The van der Waals surface area contributed by atoms with Crippen molar-refractivity contribution in [1.29, 1.82) is 0 Å². The first kappa shape index (κ1) is 18.0. The van der Waals surface area contributed by atoms with Gasteiger partial charge >= 0.3 is 5.97 Å². The van der Waals surface area contributed by atoms with Gasteiger partial charge in [-0.05, 0) is 37.8 Å². The van der Waals surface area contributed by atoms with Crippen molar-refractivity contribution in [3.63, 3.8) is 0 Å². The molecule has 4 aromatic rings. The molecule has 2 fully saturated rings. The first-order chi connectivity index (χ1) is 15.1. The van der Waals surface area contributed by atoms with Crippen molar-refractivity contribution in [2.45, 2.75) is 37.6 Å². The Hall–Kier alpha value is -3.82. The molecule has 10 heteroatoms. The Morgan fingerprint density at radius 2 is 2.00 bits per heavy atom. The average Bonchev–Trinajstić information content (AvgIpc) is 3.37. The third-order valence-electron chi connectivity index (χ3n) is 6.14. The second kappa shape index (κ2) is 6.59. The van der Waals surface area contributed by atoms with Crippen LogP contribution >= 0.6 is 0 Å². The molecule has 31 heavy (non-hydrogen) atoms. The monoisotopic (exact) mass is 417 g/mol. The summed E-state index contributed by atoms with van der Waals surface area (Å²) in [5, 5.41) is 19.0. The third kappa shape index (κ3) is 2.78. The van der Waals surface area contributed by atoms with E-state index in [4.69, 9.17) is 15.4 Å². The molecule has 0 atom stereocenters. The van der Waals surface area contributed by atoms with E-state index < -0.39 is 5.97 Å². The van der Waals surface area contributed by atoms with Crippen LogP contribution in [0.15, 0.2) is 35.2 Å². The van der Waals surface area contributed by atoms with E-state index in [0.29, 0.717) is 47.0 Å². The summed E-state index contributed by atoms with van der Waals surface area (Å²) in [5.74, 6) is 0.266.